The molecule has 1 heterocycles. The highest BCUT2D eigenvalue weighted by atomic mass is 16.5. The molecule has 1 N–H and O–H groups in total. The summed E-state index contributed by atoms with van der Waals surface area (Å²) in [5, 5.41) is 6.78. The van der Waals surface area contributed by atoms with E-state index in [2.05, 4.69) is 102 Å². The van der Waals surface area contributed by atoms with Gasteiger partial charge in [0.1, 0.15) is 11.4 Å². The van der Waals surface area contributed by atoms with Crippen LogP contribution in [0.5, 0.6) is 5.75 Å². The number of hydrogen-bond acceptors (Lipinski definition) is 4. The van der Waals surface area contributed by atoms with Gasteiger partial charge in [-0.05, 0) is 39.7 Å². The van der Waals surface area contributed by atoms with E-state index in [0.29, 0.717) is 0 Å². The van der Waals surface area contributed by atoms with Crippen LogP contribution >= 0.6 is 0 Å². The Bertz CT molecular complexity index is 1070. The predicted molar refractivity (Wildman–Crippen MR) is 131 cm³/mol. The lowest BCUT2D eigenvalue weighted by molar-refractivity contribution is 0.395. The van der Waals surface area contributed by atoms with Crippen LogP contribution < -0.4 is 15.3 Å². The van der Waals surface area contributed by atoms with E-state index in [1.54, 1.807) is 7.11 Å². The van der Waals surface area contributed by atoms with Crippen LogP contribution in [0.3, 0.4) is 0 Å². The van der Waals surface area contributed by atoms with Crippen molar-refractivity contribution in [3.05, 3.63) is 77.4 Å². The Morgan fingerprint density at radius 2 is 1.65 bits per heavy atom. The molecule has 4 nitrogen and oxygen atoms in total. The second-order valence-electron chi connectivity index (χ2n) is 10.3. The second-order valence-corrected chi connectivity index (χ2v) is 10.3. The van der Waals surface area contributed by atoms with Crippen molar-refractivity contribution in [3.63, 3.8) is 0 Å². The number of rotatable bonds is 3. The monoisotopic (exact) mass is 415 g/mol. The number of ether oxygens (including phenoxy) is 1. The first kappa shape index (κ1) is 21.4. The number of benzene rings is 2. The second kappa shape index (κ2) is 7.69. The van der Waals surface area contributed by atoms with Gasteiger partial charge in [0.05, 0.1) is 18.9 Å². The van der Waals surface area contributed by atoms with Crippen molar-refractivity contribution in [2.75, 3.05) is 12.2 Å². The van der Waals surface area contributed by atoms with E-state index in [9.17, 15) is 0 Å². The number of anilines is 1. The Kier molecular flexibility index (Phi) is 5.30. The summed E-state index contributed by atoms with van der Waals surface area (Å²) in [6.45, 7) is 13.4. The van der Waals surface area contributed by atoms with Crippen molar-refractivity contribution >= 4 is 17.0 Å². The molecule has 2 aliphatic rings. The Morgan fingerprint density at radius 3 is 2.26 bits per heavy atom. The first-order chi connectivity index (χ1) is 14.6. The number of hydrogen-bond donors (Lipinski definition) is 1. The van der Waals surface area contributed by atoms with Crippen molar-refractivity contribution in [1.29, 1.82) is 0 Å². The molecule has 0 aromatic heterocycles. The molecule has 0 amide bonds. The van der Waals surface area contributed by atoms with Crippen molar-refractivity contribution in [1.82, 2.24) is 5.43 Å². The van der Waals surface area contributed by atoms with E-state index >= 15 is 0 Å². The van der Waals surface area contributed by atoms with Gasteiger partial charge in [-0.25, -0.2) is 0 Å². The van der Waals surface area contributed by atoms with E-state index in [1.807, 2.05) is 11.2 Å². The van der Waals surface area contributed by atoms with Crippen LogP contribution in [-0.4, -0.2) is 18.9 Å². The highest BCUT2D eigenvalue weighted by molar-refractivity contribution is 6.07. The molecular weight excluding hydrogens is 382 g/mol. The van der Waals surface area contributed by atoms with Crippen LogP contribution in [0.4, 0.5) is 5.69 Å². The standard InChI is InChI=1S/C27H33N3O/c1-26(2,3)20-16-21(27(4,5)6)25(31-7)24(17-20)30-28-22-14-13-19(15-23(22)29-30)18-11-9-8-10-12-18/h8-17,23,29H,1-7H3. The lowest BCUT2D eigenvalue weighted by atomic mass is 9.79. The summed E-state index contributed by atoms with van der Waals surface area (Å²) in [5.41, 5.74) is 10.3. The van der Waals surface area contributed by atoms with Gasteiger partial charge in [-0.3, -0.25) is 0 Å². The highest BCUT2D eigenvalue weighted by Crippen LogP contribution is 2.43. The van der Waals surface area contributed by atoms with E-state index in [4.69, 9.17) is 9.84 Å². The number of methoxy groups -OCH3 is 1. The number of hydrazine groups is 1. The molecule has 2 aromatic carbocycles. The molecule has 0 bridgehead atoms. The van der Waals surface area contributed by atoms with Crippen molar-refractivity contribution in [2.24, 2.45) is 5.10 Å². The summed E-state index contributed by atoms with van der Waals surface area (Å²) in [7, 11) is 1.74. The molecule has 1 unspecified atom stereocenters. The smallest absolute Gasteiger partial charge is 0.149 e. The minimum absolute atomic E-state index is 0.0148. The molecule has 2 aromatic rings. The summed E-state index contributed by atoms with van der Waals surface area (Å²) < 4.78 is 5.94. The largest absolute Gasteiger partial charge is 0.494 e. The van der Waals surface area contributed by atoms with Gasteiger partial charge in [-0.2, -0.15) is 15.6 Å². The third-order valence-electron chi connectivity index (χ3n) is 5.86. The summed E-state index contributed by atoms with van der Waals surface area (Å²) in [5.74, 6) is 0.868. The van der Waals surface area contributed by atoms with E-state index in [0.717, 1.165) is 17.1 Å². The molecule has 1 atom stereocenters. The lowest BCUT2D eigenvalue weighted by Crippen LogP contribution is -2.37. The third kappa shape index (κ3) is 4.17. The average Bonchev–Trinajstić information content (AvgIpc) is 3.15. The Labute approximate surface area is 186 Å². The van der Waals surface area contributed by atoms with E-state index < -0.39 is 0 Å². The number of fused-ring (bicyclic) bond motifs is 1. The Balaban J connectivity index is 1.75. The molecule has 0 saturated heterocycles. The van der Waals surface area contributed by atoms with Gasteiger partial charge in [0.2, 0.25) is 0 Å². The summed E-state index contributed by atoms with van der Waals surface area (Å²) in [6, 6.07) is 15.0. The van der Waals surface area contributed by atoms with Gasteiger partial charge in [-0.15, -0.1) is 0 Å². The van der Waals surface area contributed by atoms with Crippen LogP contribution in [0.2, 0.25) is 0 Å². The molecule has 0 saturated carbocycles. The number of allylic oxidation sites excluding steroid dienone is 2. The fourth-order valence-corrected chi connectivity index (χ4v) is 4.00. The molecule has 0 spiro atoms. The normalized spacial score (nSPS) is 18.5. The molecule has 1 aliphatic heterocycles. The minimum Gasteiger partial charge on any atom is -0.494 e. The van der Waals surface area contributed by atoms with Crippen LogP contribution in [0, 0.1) is 0 Å². The number of nitrogens with one attached hydrogen (secondary N) is 1. The fourth-order valence-electron chi connectivity index (χ4n) is 4.00. The zero-order valence-corrected chi connectivity index (χ0v) is 19.7. The van der Waals surface area contributed by atoms with Gasteiger partial charge in [0, 0.05) is 5.56 Å². The van der Waals surface area contributed by atoms with Crippen molar-refractivity contribution in [3.8, 4) is 5.75 Å². The molecule has 162 valence electrons. The van der Waals surface area contributed by atoms with Gasteiger partial charge in [-0.1, -0.05) is 90.1 Å². The van der Waals surface area contributed by atoms with Crippen LogP contribution in [-0.2, 0) is 10.8 Å². The zero-order valence-electron chi connectivity index (χ0n) is 19.7. The zero-order chi connectivity index (χ0) is 22.4. The van der Waals surface area contributed by atoms with E-state index in [1.165, 1.54) is 22.3 Å². The Hall–Kier alpha value is -2.85. The van der Waals surface area contributed by atoms with Gasteiger partial charge in [0.15, 0.2) is 0 Å². The summed E-state index contributed by atoms with van der Waals surface area (Å²) in [4.78, 5) is 0. The predicted octanol–water partition coefficient (Wildman–Crippen LogP) is 5.99. The molecule has 4 heteroatoms. The van der Waals surface area contributed by atoms with Gasteiger partial charge >= 0.3 is 0 Å². The Morgan fingerprint density at radius 1 is 0.935 bits per heavy atom. The SMILES string of the molecule is COc1c(N2N=C3C=CC(c4ccccc4)=CC3N2)cc(C(C)(C)C)cc1C(C)(C)C. The molecule has 0 fully saturated rings. The number of nitrogens with zero attached hydrogens (tertiary/aromatic N) is 2. The first-order valence-electron chi connectivity index (χ1n) is 10.9. The van der Waals surface area contributed by atoms with Crippen molar-refractivity contribution in [2.45, 2.75) is 58.4 Å². The molecular formula is C27H33N3O. The maximum absolute atomic E-state index is 5.94. The van der Waals surface area contributed by atoms with Gasteiger partial charge < -0.3 is 4.74 Å². The minimum atomic E-state index is -0.0543. The highest BCUT2D eigenvalue weighted by Gasteiger charge is 2.32. The lowest BCUT2D eigenvalue weighted by Gasteiger charge is -2.30. The first-order valence-corrected chi connectivity index (χ1v) is 10.9. The number of hydrazone groups is 1. The van der Waals surface area contributed by atoms with Gasteiger partial charge in [0.25, 0.3) is 0 Å². The quantitative estimate of drug-likeness (QED) is 0.669. The topological polar surface area (TPSA) is 36.9 Å². The molecule has 4 rings (SSSR count). The maximum Gasteiger partial charge on any atom is 0.149 e. The third-order valence-corrected chi connectivity index (χ3v) is 5.86. The fraction of sp³-hybridized carbons (Fsp3) is 0.370. The molecule has 31 heavy (non-hydrogen) atoms. The van der Waals surface area contributed by atoms with Crippen LogP contribution in [0.25, 0.3) is 5.57 Å². The molecule has 0 radical (unpaired) electrons. The average molecular weight is 416 g/mol. The summed E-state index contributed by atoms with van der Waals surface area (Å²) >= 11 is 0. The maximum atomic E-state index is 5.94. The van der Waals surface area contributed by atoms with E-state index in [-0.39, 0.29) is 16.9 Å². The summed E-state index contributed by atoms with van der Waals surface area (Å²) in [6.07, 6.45) is 6.48. The molecule has 1 aliphatic carbocycles. The van der Waals surface area contributed by atoms with Crippen LogP contribution in [0.1, 0.15) is 58.2 Å². The van der Waals surface area contributed by atoms with Crippen molar-refractivity contribution < 1.29 is 4.74 Å². The van der Waals surface area contributed by atoms with Crippen LogP contribution in [0.15, 0.2) is 65.8 Å².